The molecule has 3 heterocycles. The molecule has 0 spiro atoms. The van der Waals surface area contributed by atoms with E-state index in [9.17, 15) is 0 Å². The lowest BCUT2D eigenvalue weighted by atomic mass is 10.0. The van der Waals surface area contributed by atoms with E-state index in [1.165, 1.54) is 11.8 Å². The molecule has 3 rings (SSSR count). The average molecular weight is 303 g/mol. The van der Waals surface area contributed by atoms with Gasteiger partial charge in [-0.3, -0.25) is 4.68 Å². The molecule has 0 amide bonds. The molecule has 1 aliphatic heterocycles. The van der Waals surface area contributed by atoms with Crippen molar-refractivity contribution in [1.29, 1.82) is 5.26 Å². The molecule has 7 heteroatoms. The maximum absolute atomic E-state index is 8.83. The van der Waals surface area contributed by atoms with E-state index in [0.717, 1.165) is 24.5 Å². The highest BCUT2D eigenvalue weighted by atomic mass is 35.5. The predicted molar refractivity (Wildman–Crippen MR) is 81.5 cm³/mol. The molecular weight excluding hydrogens is 288 g/mol. The molecule has 21 heavy (non-hydrogen) atoms. The number of hydrogen-bond donors (Lipinski definition) is 2. The lowest BCUT2D eigenvalue weighted by molar-refractivity contribution is 0.699. The number of nitriles is 1. The zero-order valence-electron chi connectivity index (χ0n) is 11.8. The summed E-state index contributed by atoms with van der Waals surface area (Å²) in [6, 6.07) is 3.82. The van der Waals surface area contributed by atoms with Crippen molar-refractivity contribution < 1.29 is 0 Å². The normalized spacial score (nSPS) is 16.8. The number of hydrogen-bond acceptors (Lipinski definition) is 5. The third kappa shape index (κ3) is 2.52. The predicted octanol–water partition coefficient (Wildman–Crippen LogP) is 2.10. The second-order valence-corrected chi connectivity index (χ2v) is 5.54. The van der Waals surface area contributed by atoms with Crippen molar-refractivity contribution in [2.75, 3.05) is 17.2 Å². The van der Waals surface area contributed by atoms with E-state index >= 15 is 0 Å². The Labute approximate surface area is 127 Å². The first-order valence-electron chi connectivity index (χ1n) is 6.67. The zero-order chi connectivity index (χ0) is 15.0. The lowest BCUT2D eigenvalue weighted by Gasteiger charge is -2.26. The standard InChI is InChI=1S/C14H15ClN6/c1-8-11-4-10(7-18-14(11)21(2)20-8)19-13-12(15)3-9(5-16)6-17-13/h3,6,10,18H,4,7H2,1-2H3,(H,17,19)/t10-/m0/s1. The van der Waals surface area contributed by atoms with Crippen LogP contribution in [-0.2, 0) is 13.5 Å². The smallest absolute Gasteiger partial charge is 0.145 e. The number of nitrogens with one attached hydrogen (secondary N) is 2. The van der Waals surface area contributed by atoms with E-state index in [2.05, 4.69) is 20.7 Å². The topological polar surface area (TPSA) is 78.6 Å². The first-order valence-corrected chi connectivity index (χ1v) is 7.05. The van der Waals surface area contributed by atoms with E-state index in [0.29, 0.717) is 16.4 Å². The number of anilines is 2. The van der Waals surface area contributed by atoms with Crippen molar-refractivity contribution in [3.63, 3.8) is 0 Å². The Morgan fingerprint density at radius 3 is 3.10 bits per heavy atom. The van der Waals surface area contributed by atoms with Crippen molar-refractivity contribution >= 4 is 23.2 Å². The molecule has 2 aromatic rings. The van der Waals surface area contributed by atoms with Crippen molar-refractivity contribution in [2.24, 2.45) is 7.05 Å². The van der Waals surface area contributed by atoms with Gasteiger partial charge in [0.2, 0.25) is 0 Å². The van der Waals surface area contributed by atoms with Crippen LogP contribution in [0.25, 0.3) is 0 Å². The van der Waals surface area contributed by atoms with Gasteiger partial charge in [-0.2, -0.15) is 10.4 Å². The van der Waals surface area contributed by atoms with Crippen LogP contribution in [0.4, 0.5) is 11.6 Å². The van der Waals surface area contributed by atoms with Crippen LogP contribution in [-0.4, -0.2) is 27.4 Å². The Morgan fingerprint density at radius 2 is 2.38 bits per heavy atom. The molecule has 108 valence electrons. The average Bonchev–Trinajstić information content (AvgIpc) is 2.76. The van der Waals surface area contributed by atoms with Crippen molar-refractivity contribution in [3.05, 3.63) is 34.1 Å². The van der Waals surface area contributed by atoms with Crippen LogP contribution < -0.4 is 10.6 Å². The highest BCUT2D eigenvalue weighted by Crippen LogP contribution is 2.27. The summed E-state index contributed by atoms with van der Waals surface area (Å²) in [5, 5.41) is 20.4. The van der Waals surface area contributed by atoms with E-state index < -0.39 is 0 Å². The number of fused-ring (bicyclic) bond motifs is 1. The summed E-state index contributed by atoms with van der Waals surface area (Å²) in [6.45, 7) is 2.78. The molecule has 2 N–H and O–H groups in total. The number of pyridine rings is 1. The summed E-state index contributed by atoms with van der Waals surface area (Å²) >= 11 is 6.15. The molecule has 0 radical (unpaired) electrons. The van der Waals surface area contributed by atoms with Gasteiger partial charge in [0.1, 0.15) is 17.7 Å². The number of aryl methyl sites for hydroxylation is 2. The molecule has 6 nitrogen and oxygen atoms in total. The van der Waals surface area contributed by atoms with E-state index in [1.807, 2.05) is 24.7 Å². The van der Waals surface area contributed by atoms with Gasteiger partial charge in [0.15, 0.2) is 0 Å². The molecule has 2 aromatic heterocycles. The van der Waals surface area contributed by atoms with Gasteiger partial charge >= 0.3 is 0 Å². The van der Waals surface area contributed by atoms with Gasteiger partial charge in [-0.15, -0.1) is 0 Å². The number of nitrogens with zero attached hydrogens (tertiary/aromatic N) is 4. The van der Waals surface area contributed by atoms with Gasteiger partial charge in [-0.25, -0.2) is 4.98 Å². The van der Waals surface area contributed by atoms with E-state index in [1.54, 1.807) is 6.07 Å². The van der Waals surface area contributed by atoms with Crippen molar-refractivity contribution in [3.8, 4) is 6.07 Å². The fourth-order valence-corrected chi connectivity index (χ4v) is 2.83. The summed E-state index contributed by atoms with van der Waals surface area (Å²) in [6.07, 6.45) is 2.38. The summed E-state index contributed by atoms with van der Waals surface area (Å²) in [5.74, 6) is 1.68. The maximum atomic E-state index is 8.83. The Balaban J connectivity index is 1.79. The van der Waals surface area contributed by atoms with Crippen molar-refractivity contribution in [2.45, 2.75) is 19.4 Å². The Hall–Kier alpha value is -2.26. The fraction of sp³-hybridized carbons (Fsp3) is 0.357. The molecule has 0 aliphatic carbocycles. The van der Waals surface area contributed by atoms with Gasteiger partial charge in [0.25, 0.3) is 0 Å². The molecule has 0 fully saturated rings. The third-order valence-electron chi connectivity index (χ3n) is 3.62. The Bertz CT molecular complexity index is 730. The molecule has 0 saturated carbocycles. The molecular formula is C14H15ClN6. The zero-order valence-corrected chi connectivity index (χ0v) is 12.6. The number of halogens is 1. The molecule has 0 saturated heterocycles. The van der Waals surface area contributed by atoms with Crippen LogP contribution in [0.3, 0.4) is 0 Å². The van der Waals surface area contributed by atoms with Gasteiger partial charge in [0, 0.05) is 31.4 Å². The number of aromatic nitrogens is 3. The summed E-state index contributed by atoms with van der Waals surface area (Å²) in [5.41, 5.74) is 2.70. The molecule has 0 aromatic carbocycles. The maximum Gasteiger partial charge on any atom is 0.145 e. The van der Waals surface area contributed by atoms with Crippen LogP contribution in [0.5, 0.6) is 0 Å². The number of rotatable bonds is 2. The van der Waals surface area contributed by atoms with Crippen LogP contribution in [0.1, 0.15) is 16.8 Å². The van der Waals surface area contributed by atoms with Crippen LogP contribution in [0.2, 0.25) is 5.02 Å². The van der Waals surface area contributed by atoms with E-state index in [4.69, 9.17) is 16.9 Å². The highest BCUT2D eigenvalue weighted by Gasteiger charge is 2.24. The first-order chi connectivity index (χ1) is 10.1. The summed E-state index contributed by atoms with van der Waals surface area (Å²) < 4.78 is 1.87. The molecule has 1 aliphatic rings. The third-order valence-corrected chi connectivity index (χ3v) is 3.91. The minimum atomic E-state index is 0.179. The monoisotopic (exact) mass is 302 g/mol. The Kier molecular flexibility index (Phi) is 3.43. The minimum Gasteiger partial charge on any atom is -0.368 e. The molecule has 0 unspecified atom stereocenters. The van der Waals surface area contributed by atoms with Crippen LogP contribution in [0, 0.1) is 18.3 Å². The SMILES string of the molecule is Cc1nn(C)c2c1C[C@H](Nc1ncc(C#N)cc1Cl)CN2. The van der Waals surface area contributed by atoms with Crippen LogP contribution >= 0.6 is 11.6 Å². The summed E-state index contributed by atoms with van der Waals surface area (Å²) in [4.78, 5) is 4.21. The van der Waals surface area contributed by atoms with Crippen LogP contribution in [0.15, 0.2) is 12.3 Å². The van der Waals surface area contributed by atoms with Gasteiger partial charge in [-0.1, -0.05) is 11.6 Å². The quantitative estimate of drug-likeness (QED) is 0.888. The summed E-state index contributed by atoms with van der Waals surface area (Å²) in [7, 11) is 1.94. The van der Waals surface area contributed by atoms with Gasteiger partial charge in [-0.05, 0) is 19.4 Å². The van der Waals surface area contributed by atoms with Crippen molar-refractivity contribution in [1.82, 2.24) is 14.8 Å². The lowest BCUT2D eigenvalue weighted by Crippen LogP contribution is -2.35. The second-order valence-electron chi connectivity index (χ2n) is 5.13. The Morgan fingerprint density at radius 1 is 1.57 bits per heavy atom. The minimum absolute atomic E-state index is 0.179. The highest BCUT2D eigenvalue weighted by molar-refractivity contribution is 6.33. The largest absolute Gasteiger partial charge is 0.368 e. The van der Waals surface area contributed by atoms with Gasteiger partial charge < -0.3 is 10.6 Å². The van der Waals surface area contributed by atoms with E-state index in [-0.39, 0.29) is 6.04 Å². The fourth-order valence-electron chi connectivity index (χ4n) is 2.61. The van der Waals surface area contributed by atoms with Gasteiger partial charge in [0.05, 0.1) is 16.3 Å². The molecule has 1 atom stereocenters. The second kappa shape index (κ2) is 5.26. The first kappa shape index (κ1) is 13.7. The molecule has 0 bridgehead atoms.